The van der Waals surface area contributed by atoms with Gasteiger partial charge in [0.05, 0.1) is 5.56 Å². The molecular formula is C14H16N2O2. The molecule has 0 saturated heterocycles. The number of hydrogen-bond donors (Lipinski definition) is 3. The van der Waals surface area contributed by atoms with Crippen molar-refractivity contribution in [3.05, 3.63) is 71.8 Å². The second-order valence-electron chi connectivity index (χ2n) is 3.54. The fourth-order valence-corrected chi connectivity index (χ4v) is 1.29. The smallest absolute Gasteiger partial charge is 0.335 e. The monoisotopic (exact) mass is 244 g/mol. The van der Waals surface area contributed by atoms with Gasteiger partial charge in [0, 0.05) is 6.54 Å². The Labute approximate surface area is 106 Å². The fourth-order valence-electron chi connectivity index (χ4n) is 1.29. The van der Waals surface area contributed by atoms with E-state index in [1.165, 1.54) is 5.56 Å². The highest BCUT2D eigenvalue weighted by atomic mass is 16.4. The van der Waals surface area contributed by atoms with Crippen LogP contribution in [0.25, 0.3) is 0 Å². The molecule has 0 heterocycles. The van der Waals surface area contributed by atoms with E-state index in [-0.39, 0.29) is 0 Å². The minimum atomic E-state index is -0.879. The number of benzene rings is 2. The first-order valence-corrected chi connectivity index (χ1v) is 5.49. The average Bonchev–Trinajstić information content (AvgIpc) is 2.42. The summed E-state index contributed by atoms with van der Waals surface area (Å²) in [6.45, 7) is 0.737. The number of aromatic carboxylic acids is 1. The van der Waals surface area contributed by atoms with E-state index in [0.29, 0.717) is 5.56 Å². The van der Waals surface area contributed by atoms with Crippen LogP contribution in [0.4, 0.5) is 0 Å². The number of carbonyl (C=O) groups is 1. The van der Waals surface area contributed by atoms with Gasteiger partial charge in [0.15, 0.2) is 0 Å². The van der Waals surface area contributed by atoms with Crippen LogP contribution in [0.3, 0.4) is 0 Å². The van der Waals surface area contributed by atoms with Crippen molar-refractivity contribution >= 4 is 5.97 Å². The number of nitrogens with one attached hydrogen (secondary N) is 1. The minimum absolute atomic E-state index is 0.331. The SMILES string of the molecule is NNCc1ccccc1.O=C(O)c1ccccc1. The van der Waals surface area contributed by atoms with Crippen LogP contribution < -0.4 is 11.3 Å². The summed E-state index contributed by atoms with van der Waals surface area (Å²) in [6, 6.07) is 18.3. The molecule has 0 amide bonds. The molecule has 2 rings (SSSR count). The molecule has 0 saturated carbocycles. The van der Waals surface area contributed by atoms with E-state index in [4.69, 9.17) is 10.9 Å². The molecule has 4 nitrogen and oxygen atoms in total. The molecule has 94 valence electrons. The molecule has 0 atom stereocenters. The third kappa shape index (κ3) is 5.25. The normalized spacial score (nSPS) is 9.17. The van der Waals surface area contributed by atoms with Crippen LogP contribution in [-0.4, -0.2) is 11.1 Å². The van der Waals surface area contributed by atoms with E-state index in [0.717, 1.165) is 6.54 Å². The minimum Gasteiger partial charge on any atom is -0.478 e. The van der Waals surface area contributed by atoms with Gasteiger partial charge in [0.2, 0.25) is 0 Å². The van der Waals surface area contributed by atoms with Gasteiger partial charge < -0.3 is 5.11 Å². The van der Waals surface area contributed by atoms with E-state index in [1.54, 1.807) is 30.3 Å². The first-order valence-electron chi connectivity index (χ1n) is 5.49. The van der Waals surface area contributed by atoms with Crippen LogP contribution in [0.1, 0.15) is 15.9 Å². The van der Waals surface area contributed by atoms with Crippen molar-refractivity contribution in [2.24, 2.45) is 5.84 Å². The van der Waals surface area contributed by atoms with Crippen molar-refractivity contribution in [3.63, 3.8) is 0 Å². The molecule has 4 heteroatoms. The predicted octanol–water partition coefficient (Wildman–Crippen LogP) is 2.03. The van der Waals surface area contributed by atoms with Gasteiger partial charge in [0.1, 0.15) is 0 Å². The number of carboxylic acids is 1. The van der Waals surface area contributed by atoms with Gasteiger partial charge in [-0.25, -0.2) is 4.79 Å². The Bertz CT molecular complexity index is 458. The molecule has 0 unspecified atom stereocenters. The largest absolute Gasteiger partial charge is 0.478 e. The zero-order valence-corrected chi connectivity index (χ0v) is 9.91. The lowest BCUT2D eigenvalue weighted by atomic mass is 10.2. The van der Waals surface area contributed by atoms with Crippen LogP contribution in [0.5, 0.6) is 0 Å². The van der Waals surface area contributed by atoms with Crippen molar-refractivity contribution in [3.8, 4) is 0 Å². The van der Waals surface area contributed by atoms with Crippen molar-refractivity contribution < 1.29 is 9.90 Å². The first kappa shape index (κ1) is 13.9. The Morgan fingerprint density at radius 3 is 1.89 bits per heavy atom. The maximum Gasteiger partial charge on any atom is 0.335 e. The zero-order valence-electron chi connectivity index (χ0n) is 9.91. The first-order chi connectivity index (χ1) is 8.74. The van der Waals surface area contributed by atoms with E-state index < -0.39 is 5.97 Å². The van der Waals surface area contributed by atoms with Crippen LogP contribution in [-0.2, 0) is 6.54 Å². The molecule has 18 heavy (non-hydrogen) atoms. The Morgan fingerprint density at radius 1 is 1.00 bits per heavy atom. The van der Waals surface area contributed by atoms with Crippen molar-refractivity contribution in [1.29, 1.82) is 0 Å². The van der Waals surface area contributed by atoms with Gasteiger partial charge in [0.25, 0.3) is 0 Å². The van der Waals surface area contributed by atoms with Crippen molar-refractivity contribution in [2.45, 2.75) is 6.54 Å². The van der Waals surface area contributed by atoms with Gasteiger partial charge in [-0.2, -0.15) is 0 Å². The molecule has 0 spiro atoms. The zero-order chi connectivity index (χ0) is 13.2. The molecule has 2 aromatic rings. The Balaban J connectivity index is 0.000000180. The summed E-state index contributed by atoms with van der Waals surface area (Å²) in [5.74, 6) is 4.23. The summed E-state index contributed by atoms with van der Waals surface area (Å²) in [5.41, 5.74) is 4.12. The summed E-state index contributed by atoms with van der Waals surface area (Å²) in [5, 5.41) is 8.38. The lowest BCUT2D eigenvalue weighted by molar-refractivity contribution is 0.0697. The number of hydrazine groups is 1. The standard InChI is InChI=1S/C7H10N2.C7H6O2/c8-9-6-7-4-2-1-3-5-7;8-7(9)6-4-2-1-3-5-6/h1-5,9H,6,8H2;1-5H,(H,8,9). The lowest BCUT2D eigenvalue weighted by Crippen LogP contribution is -2.20. The van der Waals surface area contributed by atoms with E-state index in [1.807, 2.05) is 30.3 Å². The van der Waals surface area contributed by atoms with E-state index in [2.05, 4.69) is 5.43 Å². The number of rotatable bonds is 3. The molecule has 0 radical (unpaired) electrons. The van der Waals surface area contributed by atoms with Gasteiger partial charge in [-0.3, -0.25) is 11.3 Å². The maximum atomic E-state index is 10.2. The van der Waals surface area contributed by atoms with Gasteiger partial charge >= 0.3 is 5.97 Å². The molecule has 4 N–H and O–H groups in total. The summed E-state index contributed by atoms with van der Waals surface area (Å²) < 4.78 is 0. The van der Waals surface area contributed by atoms with Gasteiger partial charge in [-0.05, 0) is 17.7 Å². The quantitative estimate of drug-likeness (QED) is 0.570. The van der Waals surface area contributed by atoms with Gasteiger partial charge in [-0.1, -0.05) is 48.5 Å². The topological polar surface area (TPSA) is 75.3 Å². The third-order valence-electron chi connectivity index (χ3n) is 2.17. The molecule has 0 fully saturated rings. The van der Waals surface area contributed by atoms with E-state index in [9.17, 15) is 4.79 Å². The lowest BCUT2D eigenvalue weighted by Gasteiger charge is -1.95. The summed E-state index contributed by atoms with van der Waals surface area (Å²) in [7, 11) is 0. The van der Waals surface area contributed by atoms with Crippen molar-refractivity contribution in [1.82, 2.24) is 5.43 Å². The van der Waals surface area contributed by atoms with Crippen molar-refractivity contribution in [2.75, 3.05) is 0 Å². The number of carboxylic acid groups (broad SMARTS) is 1. The fraction of sp³-hybridized carbons (Fsp3) is 0.0714. The van der Waals surface area contributed by atoms with E-state index >= 15 is 0 Å². The molecule has 0 aliphatic rings. The number of nitrogens with two attached hydrogens (primary N) is 1. The highest BCUT2D eigenvalue weighted by Crippen LogP contribution is 1.96. The summed E-state index contributed by atoms with van der Waals surface area (Å²) in [4.78, 5) is 10.2. The Kier molecular flexibility index (Phi) is 6.17. The molecule has 0 aromatic heterocycles. The Morgan fingerprint density at radius 2 is 1.50 bits per heavy atom. The maximum absolute atomic E-state index is 10.2. The highest BCUT2D eigenvalue weighted by Gasteiger charge is 1.96. The van der Waals surface area contributed by atoms with Crippen LogP contribution in [0.2, 0.25) is 0 Å². The van der Waals surface area contributed by atoms with Crippen LogP contribution in [0.15, 0.2) is 60.7 Å². The van der Waals surface area contributed by atoms with Gasteiger partial charge in [-0.15, -0.1) is 0 Å². The van der Waals surface area contributed by atoms with Crippen LogP contribution >= 0.6 is 0 Å². The highest BCUT2D eigenvalue weighted by molar-refractivity contribution is 5.87. The third-order valence-corrected chi connectivity index (χ3v) is 2.17. The molecular weight excluding hydrogens is 228 g/mol. The second kappa shape index (κ2) is 8.00. The molecule has 2 aromatic carbocycles. The predicted molar refractivity (Wildman–Crippen MR) is 70.9 cm³/mol. The Hall–Kier alpha value is -2.17. The molecule has 0 bridgehead atoms. The molecule has 0 aliphatic heterocycles. The summed E-state index contributed by atoms with van der Waals surface area (Å²) >= 11 is 0. The molecule has 0 aliphatic carbocycles. The number of hydrogen-bond acceptors (Lipinski definition) is 3. The second-order valence-corrected chi connectivity index (χ2v) is 3.54. The van der Waals surface area contributed by atoms with Crippen LogP contribution in [0, 0.1) is 0 Å². The average molecular weight is 244 g/mol. The summed E-state index contributed by atoms with van der Waals surface area (Å²) in [6.07, 6.45) is 0.